The Kier molecular flexibility index (Phi) is 50.7. The zero-order chi connectivity index (χ0) is 106. The average Bonchev–Trinajstić information content (AvgIpc) is 1.52. The minimum atomic E-state index is -1.88. The third kappa shape index (κ3) is 35.6. The van der Waals surface area contributed by atoms with Gasteiger partial charge in [0.1, 0.15) is 0 Å². The maximum atomic E-state index is 6.19. The second-order valence-electron chi connectivity index (χ2n) is 44.7. The van der Waals surface area contributed by atoms with Crippen LogP contribution in [0.5, 0.6) is 5.75 Å². The predicted molar refractivity (Wildman–Crippen MR) is 664 cm³/mol. The fraction of sp³-hybridized carbons (Fsp3) is 0.485. The van der Waals surface area contributed by atoms with E-state index in [1.165, 1.54) is 190 Å². The molecule has 10 aromatic carbocycles. The van der Waals surface area contributed by atoms with Gasteiger partial charge in [-0.1, -0.05) is 152 Å². The number of fused-ring (bicyclic) bond motifs is 1. The molecule has 3 heterocycles. The van der Waals surface area contributed by atoms with Gasteiger partial charge in [-0.15, -0.1) is 0 Å². The molecule has 10 aromatic rings. The van der Waals surface area contributed by atoms with Gasteiger partial charge in [-0.3, -0.25) is 0 Å². The molecular formula is C132H181Cl6N6OP2Ru3-. The maximum absolute atomic E-state index is 6.19. The van der Waals surface area contributed by atoms with Crippen molar-refractivity contribution >= 4 is 127 Å². The topological polar surface area (TPSA) is 28.7 Å². The summed E-state index contributed by atoms with van der Waals surface area (Å²) in [7, 11) is 35.3. The molecule has 3 saturated heterocycles. The van der Waals surface area contributed by atoms with Crippen LogP contribution < -0.4 is 34.1 Å². The van der Waals surface area contributed by atoms with E-state index in [1.807, 2.05) is 102 Å². The number of benzene rings is 10. The fourth-order valence-electron chi connectivity index (χ4n) is 26.7. The van der Waals surface area contributed by atoms with E-state index in [0.29, 0.717) is 0 Å². The zero-order valence-electron chi connectivity index (χ0n) is 93.7. The number of anilines is 6. The van der Waals surface area contributed by atoms with Gasteiger partial charge in [0.25, 0.3) is 0 Å². The normalized spacial score (nSPS) is 17.6. The number of rotatable bonds is 17. The molecule has 20 rings (SSSR count). The van der Waals surface area contributed by atoms with E-state index in [9.17, 15) is 0 Å². The fourth-order valence-corrected chi connectivity index (χ4v) is 43.2. The molecule has 0 N–H and O–H groups in total. The van der Waals surface area contributed by atoms with Gasteiger partial charge in [0.15, 0.2) is 0 Å². The minimum absolute atomic E-state index is 0. The van der Waals surface area contributed by atoms with Crippen LogP contribution in [0.2, 0.25) is 0 Å². The van der Waals surface area contributed by atoms with Gasteiger partial charge in [0.05, 0.1) is 34.0 Å². The van der Waals surface area contributed by atoms with Crippen molar-refractivity contribution in [2.75, 3.05) is 68.7 Å². The van der Waals surface area contributed by atoms with E-state index in [2.05, 4.69) is 283 Å². The number of halogens is 6. The molecule has 10 aliphatic rings. The summed E-state index contributed by atoms with van der Waals surface area (Å²) in [5, 5.41) is 0. The summed E-state index contributed by atoms with van der Waals surface area (Å²) in [5.41, 5.74) is 46.8. The molecule has 7 nitrogen and oxygen atoms in total. The molecule has 150 heavy (non-hydrogen) atoms. The van der Waals surface area contributed by atoms with Crippen LogP contribution in [-0.4, -0.2) is 92.7 Å². The summed E-state index contributed by atoms with van der Waals surface area (Å²) in [6.07, 6.45) is 49.9. The monoisotopic (exact) mass is 2440 g/mol. The third-order valence-electron chi connectivity index (χ3n) is 32.0. The molecular weight excluding hydrogens is 2260 g/mol. The van der Waals surface area contributed by atoms with Crippen molar-refractivity contribution in [3.8, 4) is 5.75 Å². The molecule has 0 bridgehead atoms. The van der Waals surface area contributed by atoms with E-state index in [0.717, 1.165) is 60.3 Å². The first-order chi connectivity index (χ1) is 71.6. The van der Waals surface area contributed by atoms with Crippen molar-refractivity contribution in [1.29, 1.82) is 0 Å². The van der Waals surface area contributed by atoms with Gasteiger partial charge < -0.3 is 29.4 Å². The van der Waals surface area contributed by atoms with Crippen LogP contribution in [0.15, 0.2) is 188 Å². The number of ether oxygens (including phenoxy) is 1. The van der Waals surface area contributed by atoms with Crippen LogP contribution in [0, 0.1) is 145 Å². The summed E-state index contributed by atoms with van der Waals surface area (Å²) >= 11 is -5.27. The van der Waals surface area contributed by atoms with Gasteiger partial charge in [-0.25, -0.2) is 0 Å². The molecule has 822 valence electrons. The number of hydrogen-bond acceptors (Lipinski definition) is 7. The molecule has 0 unspecified atom stereocenters. The molecule has 0 atom stereocenters. The van der Waals surface area contributed by atoms with Crippen LogP contribution in [-0.2, 0) is 40.6 Å². The number of aryl methyl sites for hydroxylation is 18. The number of hydrogen-bond donors (Lipinski definition) is 0. The Morgan fingerprint density at radius 1 is 0.287 bits per heavy atom. The van der Waals surface area contributed by atoms with E-state index < -0.39 is 40.6 Å². The van der Waals surface area contributed by atoms with Crippen molar-refractivity contribution in [2.24, 2.45) is 0 Å². The number of para-hydroxylation sites is 1. The van der Waals surface area contributed by atoms with Crippen molar-refractivity contribution < 1.29 is 45.3 Å². The molecule has 0 radical (unpaired) electrons. The number of nitrogens with zero attached hydrogens (tertiary/aromatic N) is 6. The average molecular weight is 2450 g/mol. The van der Waals surface area contributed by atoms with Crippen molar-refractivity contribution in [2.45, 2.75) is 379 Å². The number of allylic oxidation sites excluding steroid dienone is 1. The van der Waals surface area contributed by atoms with E-state index >= 15 is 0 Å². The van der Waals surface area contributed by atoms with Gasteiger partial charge in [-0.2, -0.15) is 20.0 Å². The van der Waals surface area contributed by atoms with E-state index in [4.69, 9.17) is 62.9 Å². The van der Waals surface area contributed by atoms with E-state index in [-0.39, 0.29) is 29.4 Å². The molecule has 6 saturated carbocycles. The van der Waals surface area contributed by atoms with Crippen LogP contribution in [0.3, 0.4) is 0 Å². The summed E-state index contributed by atoms with van der Waals surface area (Å²) < 4.78 is 10.6. The van der Waals surface area contributed by atoms with E-state index in [1.54, 1.807) is 193 Å². The second kappa shape index (κ2) is 61.7. The van der Waals surface area contributed by atoms with Gasteiger partial charge >= 0.3 is 291 Å². The van der Waals surface area contributed by atoms with Crippen LogP contribution in [0.1, 0.15) is 342 Å². The Balaban J connectivity index is 0.000000153. The van der Waals surface area contributed by atoms with Gasteiger partial charge in [0, 0.05) is 89.2 Å². The Morgan fingerprint density at radius 2 is 0.513 bits per heavy atom. The molecule has 9 fully saturated rings. The van der Waals surface area contributed by atoms with Crippen molar-refractivity contribution in [1.82, 2.24) is 0 Å². The van der Waals surface area contributed by atoms with Crippen molar-refractivity contribution in [3.63, 3.8) is 0 Å². The standard InChI is InChI=1S/3C21H27N2.2C18H33P.C15H10.C10H12O.C7H6.CH4.6ClH.3Ru/c3*1-14-9-16(3)20(17(4)10-14)22-7-8-23(13-22)21-18(5)11-15(2)12-19(21)6;2*1-4-10-16(11-5-1)19(17-12-6-2-7-13-17)18-14-8-3-9-15-18;1-2-6-12(7-3-1)15-11-10-13-8-4-5-9-14(13)15;1-8(2)11-10-7-5-4-6-9(10)3;1-7-5-3-2-4-6-7;;;;;;;;;;/h3*9-13H,7-8H2,1-6H3;2*16-18H,1-15H2;1-9,11H;3-8H,1-2H3;1-6H;1H4;6*1H;;;/q3*-1;;;;;;;;;;;;;3*+2/p-4. The van der Waals surface area contributed by atoms with Crippen LogP contribution in [0.4, 0.5) is 34.1 Å². The zero-order valence-corrected chi connectivity index (χ0v) is 105. The molecule has 0 amide bonds. The first-order valence-corrected chi connectivity index (χ1v) is 76.0. The third-order valence-corrected chi connectivity index (χ3v) is 48.0. The summed E-state index contributed by atoms with van der Waals surface area (Å²) in [6.45, 7) is 56.7. The Hall–Kier alpha value is -5.38. The SMILES string of the molecule is C.C1CCC([PH+](C2CCCCC2)C2CCCCC2)CC1.C1CCC([PH+](C2CCCCC2)C2CCCCC2)CC1.CC(C)Oc1ccccc1[CH]=[Ru]([Cl])[Cl].Cc1cc(C)c(N2[CH-]N(c3c(C)cc(C)cc3C)CC2)c(C)c1.Cc1cc(C)c(N2[CH-]N(c3c(C)cc(C)cc3C)CC2)c(C)c1.Cc1cc(C)c(N2[CH-]N(c3c(C)cc(C)cc3C)CC2)c(C)c1.[Cl][Ru]([Cl])=[CH]c1ccccc1.[Cl][Ru]([Cl])=[C]1C=C(c2ccccc2)c2ccccc21. The van der Waals surface area contributed by atoms with Crippen LogP contribution >= 0.6 is 74.0 Å². The van der Waals surface area contributed by atoms with Crippen LogP contribution in [0.25, 0.3) is 5.57 Å². The summed E-state index contributed by atoms with van der Waals surface area (Å²) in [5.74, 6) is 0.850. The first-order valence-electron chi connectivity index (χ1n) is 56.2. The van der Waals surface area contributed by atoms with Crippen molar-refractivity contribution in [3.05, 3.63) is 336 Å². The molecule has 0 spiro atoms. The Bertz CT molecular complexity index is 5320. The Morgan fingerprint density at radius 3 is 0.753 bits per heavy atom. The molecule has 18 heteroatoms. The quantitative estimate of drug-likeness (QED) is 0.0510. The summed E-state index contributed by atoms with van der Waals surface area (Å²) in [4.78, 5) is 14.4. The molecule has 0 aromatic heterocycles. The molecule has 7 aliphatic carbocycles. The second-order valence-corrected chi connectivity index (χ2v) is 68.9. The Labute approximate surface area is 952 Å². The van der Waals surface area contributed by atoms with Gasteiger partial charge in [-0.05, 0) is 345 Å². The predicted octanol–water partition coefficient (Wildman–Crippen LogP) is 38.9. The summed E-state index contributed by atoms with van der Waals surface area (Å²) in [6, 6.07) is 63.7. The molecule has 3 aliphatic heterocycles. The first kappa shape index (κ1) is 123. The van der Waals surface area contributed by atoms with Gasteiger partial charge in [0.2, 0.25) is 0 Å².